The second kappa shape index (κ2) is 8.05. The van der Waals surface area contributed by atoms with Crippen LogP contribution in [0.5, 0.6) is 0 Å². The molecule has 0 saturated carbocycles. The van der Waals surface area contributed by atoms with Crippen LogP contribution < -0.4 is 0 Å². The van der Waals surface area contributed by atoms with Gasteiger partial charge in [-0.05, 0) is 31.1 Å². The monoisotopic (exact) mass is 336 g/mol. The maximum absolute atomic E-state index is 12.3. The number of thiocarbonyl (C=S) groups is 1. The quantitative estimate of drug-likeness (QED) is 0.469. The average Bonchev–Trinajstić information content (AvgIpc) is 2.75. The summed E-state index contributed by atoms with van der Waals surface area (Å²) in [4.78, 5) is 29.1. The molecule has 0 atom stereocenters. The minimum atomic E-state index is -0.788. The molecule has 0 aromatic carbocycles. The third-order valence-electron chi connectivity index (χ3n) is 3.11. The molecule has 116 valence electrons. The van der Waals surface area contributed by atoms with Crippen LogP contribution in [-0.2, 0) is 9.59 Å². The molecule has 5 nitrogen and oxygen atoms in total. The van der Waals surface area contributed by atoms with E-state index in [1.165, 1.54) is 11.8 Å². The highest BCUT2D eigenvalue weighted by atomic mass is 32.2. The van der Waals surface area contributed by atoms with Gasteiger partial charge in [-0.15, -0.1) is 0 Å². The standard InChI is InChI=1S/C15H16N2O3S2/c18-13(19)7-2-1-5-9-17-14(20)12(22-15(17)21)10-11-6-3-4-8-16-11/h3-4,6,8,10H,1-2,5,7,9H2,(H,18,19)/b12-10-. The van der Waals surface area contributed by atoms with Crippen LogP contribution in [-0.4, -0.2) is 37.7 Å². The molecule has 0 unspecified atom stereocenters. The highest BCUT2D eigenvalue weighted by molar-refractivity contribution is 8.26. The van der Waals surface area contributed by atoms with Crippen molar-refractivity contribution in [2.24, 2.45) is 0 Å². The topological polar surface area (TPSA) is 70.5 Å². The van der Waals surface area contributed by atoms with Gasteiger partial charge in [-0.1, -0.05) is 36.5 Å². The number of nitrogens with zero attached hydrogens (tertiary/aromatic N) is 2. The summed E-state index contributed by atoms with van der Waals surface area (Å²) in [6.07, 6.45) is 5.71. The highest BCUT2D eigenvalue weighted by Crippen LogP contribution is 2.32. The van der Waals surface area contributed by atoms with Crippen molar-refractivity contribution in [1.29, 1.82) is 0 Å². The van der Waals surface area contributed by atoms with Crippen LogP contribution >= 0.6 is 24.0 Å². The summed E-state index contributed by atoms with van der Waals surface area (Å²) in [5.74, 6) is -0.886. The Labute approximate surface area is 138 Å². The van der Waals surface area contributed by atoms with Gasteiger partial charge in [0.05, 0.1) is 10.6 Å². The number of carboxylic acids is 1. The van der Waals surface area contributed by atoms with Crippen molar-refractivity contribution in [2.75, 3.05) is 6.54 Å². The maximum Gasteiger partial charge on any atom is 0.303 e. The Morgan fingerprint density at radius 2 is 2.18 bits per heavy atom. The molecule has 1 N–H and O–H groups in total. The van der Waals surface area contributed by atoms with Gasteiger partial charge in [0.15, 0.2) is 0 Å². The van der Waals surface area contributed by atoms with Gasteiger partial charge in [0.25, 0.3) is 5.91 Å². The first-order valence-electron chi connectivity index (χ1n) is 6.96. The van der Waals surface area contributed by atoms with Crippen LogP contribution in [0.2, 0.25) is 0 Å². The fourth-order valence-corrected chi connectivity index (χ4v) is 3.30. The Morgan fingerprint density at radius 1 is 1.36 bits per heavy atom. The second-order valence-electron chi connectivity index (χ2n) is 4.79. The van der Waals surface area contributed by atoms with Crippen LogP contribution in [0.3, 0.4) is 0 Å². The van der Waals surface area contributed by atoms with Gasteiger partial charge in [0.1, 0.15) is 4.32 Å². The smallest absolute Gasteiger partial charge is 0.303 e. The number of aliphatic carboxylic acids is 1. The Bertz CT molecular complexity index is 602. The molecule has 1 aromatic rings. The number of carboxylic acid groups (broad SMARTS) is 1. The molecule has 0 aliphatic carbocycles. The van der Waals surface area contributed by atoms with Gasteiger partial charge in [-0.25, -0.2) is 0 Å². The van der Waals surface area contributed by atoms with Crippen LogP contribution in [0, 0.1) is 0 Å². The molecule has 0 bridgehead atoms. The zero-order chi connectivity index (χ0) is 15.9. The molecule has 2 heterocycles. The van der Waals surface area contributed by atoms with E-state index in [0.29, 0.717) is 22.2 Å². The van der Waals surface area contributed by atoms with Crippen molar-refractivity contribution in [3.05, 3.63) is 35.0 Å². The number of carbonyl (C=O) groups is 2. The molecule has 1 aliphatic rings. The number of aromatic nitrogens is 1. The number of rotatable bonds is 7. The van der Waals surface area contributed by atoms with Gasteiger partial charge >= 0.3 is 5.97 Å². The summed E-state index contributed by atoms with van der Waals surface area (Å²) in [5.41, 5.74) is 0.726. The molecular formula is C15H16N2O3S2. The number of carbonyl (C=O) groups excluding carboxylic acids is 1. The summed E-state index contributed by atoms with van der Waals surface area (Å²) in [5, 5.41) is 8.58. The number of hydrogen-bond donors (Lipinski definition) is 1. The van der Waals surface area contributed by atoms with E-state index in [0.717, 1.165) is 18.5 Å². The first-order chi connectivity index (χ1) is 10.6. The molecule has 7 heteroatoms. The maximum atomic E-state index is 12.3. The lowest BCUT2D eigenvalue weighted by atomic mass is 10.2. The average molecular weight is 336 g/mol. The van der Waals surface area contributed by atoms with Crippen molar-refractivity contribution >= 4 is 46.3 Å². The first kappa shape index (κ1) is 16.6. The zero-order valence-electron chi connectivity index (χ0n) is 11.9. The zero-order valence-corrected chi connectivity index (χ0v) is 13.5. The number of thioether (sulfide) groups is 1. The van der Waals surface area contributed by atoms with Gasteiger partial charge in [-0.2, -0.15) is 0 Å². The largest absolute Gasteiger partial charge is 0.481 e. The second-order valence-corrected chi connectivity index (χ2v) is 6.47. The predicted molar refractivity (Wildman–Crippen MR) is 90.2 cm³/mol. The molecule has 1 amide bonds. The van der Waals surface area contributed by atoms with Gasteiger partial charge < -0.3 is 5.11 Å². The fourth-order valence-electron chi connectivity index (χ4n) is 2.01. The van der Waals surface area contributed by atoms with Gasteiger partial charge in [0.2, 0.25) is 0 Å². The Hall–Kier alpha value is -1.73. The van der Waals surface area contributed by atoms with Crippen LogP contribution in [0.25, 0.3) is 6.08 Å². The molecule has 22 heavy (non-hydrogen) atoms. The third-order valence-corrected chi connectivity index (χ3v) is 4.49. The molecule has 1 aliphatic heterocycles. The summed E-state index contributed by atoms with van der Waals surface area (Å²) in [6, 6.07) is 5.51. The minimum Gasteiger partial charge on any atom is -0.481 e. The van der Waals surface area contributed by atoms with Crippen molar-refractivity contribution in [3.8, 4) is 0 Å². The van der Waals surface area contributed by atoms with E-state index in [-0.39, 0.29) is 12.3 Å². The molecule has 1 aromatic heterocycles. The fraction of sp³-hybridized carbons (Fsp3) is 0.333. The Morgan fingerprint density at radius 3 is 2.86 bits per heavy atom. The van der Waals surface area contributed by atoms with Crippen molar-refractivity contribution in [3.63, 3.8) is 0 Å². The van der Waals surface area contributed by atoms with E-state index in [1.54, 1.807) is 17.2 Å². The lowest BCUT2D eigenvalue weighted by Gasteiger charge is -2.13. The molecule has 1 fully saturated rings. The van der Waals surface area contributed by atoms with E-state index in [4.69, 9.17) is 17.3 Å². The molecule has 0 spiro atoms. The summed E-state index contributed by atoms with van der Waals surface area (Å²) in [7, 11) is 0. The van der Waals surface area contributed by atoms with Crippen molar-refractivity contribution in [1.82, 2.24) is 9.88 Å². The lowest BCUT2D eigenvalue weighted by Crippen LogP contribution is -2.29. The van der Waals surface area contributed by atoms with Crippen LogP contribution in [0.1, 0.15) is 31.4 Å². The van der Waals surface area contributed by atoms with Crippen molar-refractivity contribution < 1.29 is 14.7 Å². The van der Waals surface area contributed by atoms with E-state index >= 15 is 0 Å². The number of pyridine rings is 1. The van der Waals surface area contributed by atoms with Crippen molar-refractivity contribution in [2.45, 2.75) is 25.7 Å². The molecule has 0 radical (unpaired) electrons. The molecule has 2 rings (SSSR count). The molecule has 1 saturated heterocycles. The number of unbranched alkanes of at least 4 members (excludes halogenated alkanes) is 2. The Kier molecular flexibility index (Phi) is 6.09. The number of hydrogen-bond acceptors (Lipinski definition) is 5. The lowest BCUT2D eigenvalue weighted by molar-refractivity contribution is -0.137. The summed E-state index contributed by atoms with van der Waals surface area (Å²) in [6.45, 7) is 0.532. The van der Waals surface area contributed by atoms with Crippen LogP contribution in [0.15, 0.2) is 29.3 Å². The minimum absolute atomic E-state index is 0.0983. The summed E-state index contributed by atoms with van der Waals surface area (Å²) >= 11 is 6.52. The van der Waals surface area contributed by atoms with E-state index in [9.17, 15) is 9.59 Å². The van der Waals surface area contributed by atoms with Gasteiger partial charge in [-0.3, -0.25) is 19.5 Å². The highest BCUT2D eigenvalue weighted by Gasteiger charge is 2.31. The van der Waals surface area contributed by atoms with Gasteiger partial charge in [0, 0.05) is 19.2 Å². The summed E-state index contributed by atoms with van der Waals surface area (Å²) < 4.78 is 0.547. The molecular weight excluding hydrogens is 320 g/mol. The Balaban J connectivity index is 1.89. The normalized spacial score (nSPS) is 16.5. The SMILES string of the molecule is O=C(O)CCCCCN1C(=O)/C(=C/c2ccccn2)SC1=S. The first-order valence-corrected chi connectivity index (χ1v) is 8.18. The van der Waals surface area contributed by atoms with E-state index < -0.39 is 5.97 Å². The number of amides is 1. The van der Waals surface area contributed by atoms with Crippen LogP contribution in [0.4, 0.5) is 0 Å². The predicted octanol–water partition coefficient (Wildman–Crippen LogP) is 2.93. The van der Waals surface area contributed by atoms with E-state index in [1.807, 2.05) is 18.2 Å². The van der Waals surface area contributed by atoms with E-state index in [2.05, 4.69) is 4.98 Å². The third kappa shape index (κ3) is 4.64.